The van der Waals surface area contributed by atoms with Gasteiger partial charge in [0.15, 0.2) is 0 Å². The second kappa shape index (κ2) is 11.8. The number of anilines is 4. The second-order valence-electron chi connectivity index (χ2n) is 10.3. The van der Waals surface area contributed by atoms with E-state index in [2.05, 4.69) is 60.8 Å². The summed E-state index contributed by atoms with van der Waals surface area (Å²) in [6.07, 6.45) is 6.43. The topological polar surface area (TPSA) is 87.5 Å². The number of aryl methyl sites for hydroxylation is 1. The van der Waals surface area contributed by atoms with Crippen LogP contribution in [0.15, 0.2) is 61.3 Å². The van der Waals surface area contributed by atoms with Crippen molar-refractivity contribution in [3.63, 3.8) is 0 Å². The van der Waals surface area contributed by atoms with E-state index in [1.165, 1.54) is 41.1 Å². The molecule has 0 unspecified atom stereocenters. The van der Waals surface area contributed by atoms with E-state index in [0.29, 0.717) is 23.1 Å². The van der Waals surface area contributed by atoms with Gasteiger partial charge in [-0.2, -0.15) is 0 Å². The van der Waals surface area contributed by atoms with E-state index in [9.17, 15) is 4.79 Å². The van der Waals surface area contributed by atoms with Gasteiger partial charge in [0.25, 0.3) is 0 Å². The molecule has 0 saturated heterocycles. The van der Waals surface area contributed by atoms with E-state index < -0.39 is 0 Å². The Labute approximate surface area is 235 Å². The summed E-state index contributed by atoms with van der Waals surface area (Å²) in [5, 5.41) is 7.50. The highest BCUT2D eigenvalue weighted by atomic mass is 16.5. The Morgan fingerprint density at radius 2 is 1.95 bits per heavy atom. The van der Waals surface area contributed by atoms with Crippen LogP contribution in [0.3, 0.4) is 0 Å². The van der Waals surface area contributed by atoms with Crippen molar-refractivity contribution in [2.75, 3.05) is 56.9 Å². The molecule has 2 aromatic carbocycles. The van der Waals surface area contributed by atoms with Gasteiger partial charge >= 0.3 is 0 Å². The SMILES string of the molecule is C=CC(=O)Nc1cc(Nc2nccc(-c3c4n(c5ccccc35)CCCC4)n2)c(OC)cc1N(C)CCN(C)C. The molecule has 0 spiro atoms. The standard InChI is InChI=1S/C31H37N7O2/c1-6-29(39)33-23-19-24(28(40-5)20-27(23)37(4)18-17-36(2)3)35-31-32-15-14-22(34-31)30-21-11-7-8-12-25(21)38-16-10-9-13-26(30)38/h6-8,11-12,14-15,19-20H,1,9-10,13,16-18H2,2-5H3,(H,33,39)(H,32,34,35). The van der Waals surface area contributed by atoms with Gasteiger partial charge in [0.2, 0.25) is 11.9 Å². The average molecular weight is 540 g/mol. The van der Waals surface area contributed by atoms with Gasteiger partial charge in [0.05, 0.1) is 29.9 Å². The van der Waals surface area contributed by atoms with Crippen LogP contribution in [0.5, 0.6) is 5.75 Å². The number of ether oxygens (including phenoxy) is 1. The highest BCUT2D eigenvalue weighted by Gasteiger charge is 2.22. The summed E-state index contributed by atoms with van der Waals surface area (Å²) < 4.78 is 8.20. The first-order chi connectivity index (χ1) is 19.4. The number of fused-ring (bicyclic) bond motifs is 3. The Morgan fingerprint density at radius 1 is 1.12 bits per heavy atom. The fourth-order valence-corrected chi connectivity index (χ4v) is 5.30. The number of carbonyl (C=O) groups excluding carboxylic acids is 1. The average Bonchev–Trinajstić information content (AvgIpc) is 3.30. The molecule has 2 aromatic heterocycles. The van der Waals surface area contributed by atoms with Crippen LogP contribution in [-0.2, 0) is 17.8 Å². The number of aromatic nitrogens is 3. The van der Waals surface area contributed by atoms with Crippen molar-refractivity contribution in [3.05, 3.63) is 67.0 Å². The monoisotopic (exact) mass is 539 g/mol. The molecule has 9 nitrogen and oxygen atoms in total. The lowest BCUT2D eigenvalue weighted by atomic mass is 10.0. The minimum absolute atomic E-state index is 0.290. The van der Waals surface area contributed by atoms with Gasteiger partial charge in [0, 0.05) is 61.1 Å². The Hall–Kier alpha value is -4.37. The predicted molar refractivity (Wildman–Crippen MR) is 163 cm³/mol. The number of carbonyl (C=O) groups is 1. The molecule has 0 atom stereocenters. The molecule has 0 fully saturated rings. The molecule has 40 heavy (non-hydrogen) atoms. The number of hydrogen-bond acceptors (Lipinski definition) is 7. The van der Waals surface area contributed by atoms with Crippen LogP contribution in [0.1, 0.15) is 18.5 Å². The van der Waals surface area contributed by atoms with E-state index in [-0.39, 0.29) is 5.91 Å². The first-order valence-corrected chi connectivity index (χ1v) is 13.6. The third kappa shape index (κ3) is 5.51. The number of nitrogens with one attached hydrogen (secondary N) is 2. The van der Waals surface area contributed by atoms with Gasteiger partial charge in [-0.25, -0.2) is 9.97 Å². The summed E-state index contributed by atoms with van der Waals surface area (Å²) in [7, 11) is 7.68. The van der Waals surface area contributed by atoms with Crippen LogP contribution in [0.4, 0.5) is 23.0 Å². The summed E-state index contributed by atoms with van der Waals surface area (Å²) in [6.45, 7) is 6.25. The zero-order chi connectivity index (χ0) is 28.2. The van der Waals surface area contributed by atoms with Crippen LogP contribution >= 0.6 is 0 Å². The van der Waals surface area contributed by atoms with Crippen molar-refractivity contribution < 1.29 is 9.53 Å². The molecule has 5 rings (SSSR count). The van der Waals surface area contributed by atoms with E-state index in [1.807, 2.05) is 39.3 Å². The first-order valence-electron chi connectivity index (χ1n) is 13.6. The molecule has 1 amide bonds. The molecule has 1 aliphatic heterocycles. The number of hydrogen-bond donors (Lipinski definition) is 2. The van der Waals surface area contributed by atoms with Crippen LogP contribution in [-0.4, -0.2) is 66.7 Å². The van der Waals surface area contributed by atoms with Gasteiger partial charge in [-0.3, -0.25) is 4.79 Å². The largest absolute Gasteiger partial charge is 0.494 e. The molecule has 1 aliphatic rings. The number of amides is 1. The second-order valence-corrected chi connectivity index (χ2v) is 10.3. The third-order valence-electron chi connectivity index (χ3n) is 7.34. The molecule has 0 aliphatic carbocycles. The van der Waals surface area contributed by atoms with Crippen molar-refractivity contribution in [1.29, 1.82) is 0 Å². The summed E-state index contributed by atoms with van der Waals surface area (Å²) in [5.41, 5.74) is 6.74. The number of methoxy groups -OCH3 is 1. The minimum atomic E-state index is -0.290. The van der Waals surface area contributed by atoms with Gasteiger partial charge in [-0.05, 0) is 57.6 Å². The maximum atomic E-state index is 12.3. The molecule has 3 heterocycles. The highest BCUT2D eigenvalue weighted by Crippen LogP contribution is 2.39. The molecule has 0 saturated carbocycles. The maximum Gasteiger partial charge on any atom is 0.247 e. The Morgan fingerprint density at radius 3 is 2.73 bits per heavy atom. The normalized spacial score (nSPS) is 12.7. The molecule has 0 radical (unpaired) electrons. The van der Waals surface area contributed by atoms with E-state index in [0.717, 1.165) is 37.4 Å². The minimum Gasteiger partial charge on any atom is -0.494 e. The van der Waals surface area contributed by atoms with E-state index in [1.54, 1.807) is 13.3 Å². The fourth-order valence-electron chi connectivity index (χ4n) is 5.30. The third-order valence-corrected chi connectivity index (χ3v) is 7.34. The molecule has 2 N–H and O–H groups in total. The number of para-hydroxylation sites is 1. The molecule has 208 valence electrons. The van der Waals surface area contributed by atoms with Crippen LogP contribution in [0, 0.1) is 0 Å². The van der Waals surface area contributed by atoms with Crippen molar-refractivity contribution >= 4 is 39.8 Å². The molecule has 9 heteroatoms. The smallest absolute Gasteiger partial charge is 0.247 e. The van der Waals surface area contributed by atoms with Crippen molar-refractivity contribution in [3.8, 4) is 17.0 Å². The lowest BCUT2D eigenvalue weighted by Gasteiger charge is -2.26. The van der Waals surface area contributed by atoms with Crippen LogP contribution in [0.25, 0.3) is 22.2 Å². The fraction of sp³-hybridized carbons (Fsp3) is 0.323. The van der Waals surface area contributed by atoms with Crippen LogP contribution in [0.2, 0.25) is 0 Å². The number of rotatable bonds is 10. The summed E-state index contributed by atoms with van der Waals surface area (Å²) in [6, 6.07) is 14.3. The van der Waals surface area contributed by atoms with Crippen molar-refractivity contribution in [1.82, 2.24) is 19.4 Å². The lowest BCUT2D eigenvalue weighted by Crippen LogP contribution is -2.29. The number of likely N-dealkylation sites (N-methyl/N-ethyl adjacent to an activating group) is 2. The van der Waals surface area contributed by atoms with Gasteiger partial charge < -0.3 is 29.7 Å². The summed E-state index contributed by atoms with van der Waals surface area (Å²) in [4.78, 5) is 26.0. The number of benzene rings is 2. The number of nitrogens with zero attached hydrogens (tertiary/aromatic N) is 5. The zero-order valence-electron chi connectivity index (χ0n) is 23.7. The molecular formula is C31H37N7O2. The Kier molecular flexibility index (Phi) is 8.02. The van der Waals surface area contributed by atoms with Gasteiger partial charge in [-0.1, -0.05) is 24.8 Å². The first kappa shape index (κ1) is 27.2. The predicted octanol–water partition coefficient (Wildman–Crippen LogP) is 5.31. The van der Waals surface area contributed by atoms with Crippen LogP contribution < -0.4 is 20.3 Å². The van der Waals surface area contributed by atoms with E-state index in [4.69, 9.17) is 9.72 Å². The zero-order valence-corrected chi connectivity index (χ0v) is 23.7. The van der Waals surface area contributed by atoms with Crippen molar-refractivity contribution in [2.24, 2.45) is 0 Å². The Bertz CT molecular complexity index is 1540. The van der Waals surface area contributed by atoms with Gasteiger partial charge in [-0.15, -0.1) is 0 Å². The Balaban J connectivity index is 1.53. The van der Waals surface area contributed by atoms with Gasteiger partial charge in [0.1, 0.15) is 5.75 Å². The van der Waals surface area contributed by atoms with E-state index >= 15 is 0 Å². The lowest BCUT2D eigenvalue weighted by molar-refractivity contribution is -0.111. The summed E-state index contributed by atoms with van der Waals surface area (Å²) in [5.74, 6) is 0.774. The quantitative estimate of drug-likeness (QED) is 0.264. The molecule has 0 bridgehead atoms. The molecule has 4 aromatic rings. The highest BCUT2D eigenvalue weighted by molar-refractivity contribution is 6.02. The summed E-state index contributed by atoms with van der Waals surface area (Å²) >= 11 is 0. The molecular weight excluding hydrogens is 502 g/mol. The van der Waals surface area contributed by atoms with Crippen molar-refractivity contribution in [2.45, 2.75) is 25.8 Å². The maximum absolute atomic E-state index is 12.3.